The first-order valence-electron chi connectivity index (χ1n) is 7.71. The Morgan fingerprint density at radius 1 is 1.04 bits per heavy atom. The van der Waals surface area contributed by atoms with Gasteiger partial charge in [-0.05, 0) is 43.9 Å². The van der Waals surface area contributed by atoms with Gasteiger partial charge in [-0.1, -0.05) is 18.1 Å². The number of benzene rings is 1. The fraction of sp³-hybridized carbons (Fsp3) is 0.0526. The maximum absolute atomic E-state index is 4.21. The van der Waals surface area contributed by atoms with E-state index in [0.717, 1.165) is 11.5 Å². The van der Waals surface area contributed by atoms with E-state index >= 15 is 0 Å². The Morgan fingerprint density at radius 2 is 1.92 bits per heavy atom. The van der Waals surface area contributed by atoms with Gasteiger partial charge in [-0.15, -0.1) is 5.69 Å². The number of anilines is 2. The Balaban J connectivity index is 0.000000173. The van der Waals surface area contributed by atoms with Crippen molar-refractivity contribution in [3.63, 3.8) is 0 Å². The third-order valence-corrected chi connectivity index (χ3v) is 3.37. The molecule has 0 saturated heterocycles. The maximum Gasteiger partial charge on any atom is 0.284 e. The van der Waals surface area contributed by atoms with Gasteiger partial charge >= 0.3 is 0 Å². The zero-order valence-electron chi connectivity index (χ0n) is 13.9. The predicted molar refractivity (Wildman–Crippen MR) is 99.7 cm³/mol. The molecular formula is C19H18BIrN4-2. The molecule has 0 aliphatic carbocycles. The van der Waals surface area contributed by atoms with Crippen LogP contribution in [0.25, 0.3) is 0 Å². The summed E-state index contributed by atoms with van der Waals surface area (Å²) < 4.78 is 0. The molecule has 25 heavy (non-hydrogen) atoms. The molecule has 0 atom stereocenters. The van der Waals surface area contributed by atoms with Gasteiger partial charge in [0.1, 0.15) is 5.82 Å². The van der Waals surface area contributed by atoms with Crippen LogP contribution >= 0.6 is 0 Å². The van der Waals surface area contributed by atoms with E-state index in [2.05, 4.69) is 11.1 Å². The number of rotatable bonds is 2. The normalized spacial score (nSPS) is 14.5. The third kappa shape index (κ3) is 5.63. The molecule has 1 aromatic heterocycles. The first kappa shape index (κ1) is 19.0. The van der Waals surface area contributed by atoms with E-state index in [1.807, 2.05) is 115 Å². The van der Waals surface area contributed by atoms with Gasteiger partial charge in [0.2, 0.25) is 0 Å². The number of allylic oxidation sites excluding steroid dienone is 2. The molecule has 6 heteroatoms. The SMILES string of the molecule is CN1C=CN(c2[c-]cccc2)[CH-]1.[B]1C=CC=CN1c1ccccn1.[Ir]. The average molecular weight is 505 g/mol. The first-order chi connectivity index (χ1) is 11.8. The van der Waals surface area contributed by atoms with Crippen molar-refractivity contribution in [3.05, 3.63) is 98.1 Å². The minimum atomic E-state index is 0. The second kappa shape index (κ2) is 9.87. The molecule has 3 heterocycles. The summed E-state index contributed by atoms with van der Waals surface area (Å²) in [7, 11) is 3.97. The zero-order chi connectivity index (χ0) is 16.6. The number of pyridine rings is 1. The number of hydrogen-bond acceptors (Lipinski definition) is 4. The van der Waals surface area contributed by atoms with E-state index in [9.17, 15) is 0 Å². The monoisotopic (exact) mass is 506 g/mol. The summed E-state index contributed by atoms with van der Waals surface area (Å²) in [6.45, 7) is 2.01. The largest absolute Gasteiger partial charge is 0.510 e. The van der Waals surface area contributed by atoms with E-state index in [1.165, 1.54) is 0 Å². The van der Waals surface area contributed by atoms with Crippen LogP contribution in [0.5, 0.6) is 0 Å². The molecule has 2 aliphatic rings. The minimum absolute atomic E-state index is 0. The van der Waals surface area contributed by atoms with E-state index in [0.29, 0.717) is 0 Å². The second-order valence-electron chi connectivity index (χ2n) is 5.20. The second-order valence-corrected chi connectivity index (χ2v) is 5.20. The van der Waals surface area contributed by atoms with Crippen LogP contribution in [0.4, 0.5) is 11.5 Å². The maximum atomic E-state index is 4.21. The summed E-state index contributed by atoms with van der Waals surface area (Å²) in [5.74, 6) is 2.92. The molecule has 0 amide bonds. The van der Waals surface area contributed by atoms with Crippen molar-refractivity contribution >= 4 is 18.9 Å². The molecule has 0 saturated carbocycles. The number of aromatic nitrogens is 1. The Kier molecular flexibility index (Phi) is 7.51. The topological polar surface area (TPSA) is 22.6 Å². The number of nitrogens with zero attached hydrogens (tertiary/aromatic N) is 4. The summed E-state index contributed by atoms with van der Waals surface area (Å²) in [4.78, 5) is 10.2. The summed E-state index contributed by atoms with van der Waals surface area (Å²) in [6, 6.07) is 16.9. The van der Waals surface area contributed by atoms with Crippen LogP contribution in [0.1, 0.15) is 0 Å². The smallest absolute Gasteiger partial charge is 0.284 e. The van der Waals surface area contributed by atoms with E-state index in [1.54, 1.807) is 6.20 Å². The Labute approximate surface area is 163 Å². The minimum Gasteiger partial charge on any atom is -0.510 e. The fourth-order valence-corrected chi connectivity index (χ4v) is 2.20. The number of para-hydroxylation sites is 1. The molecule has 128 valence electrons. The van der Waals surface area contributed by atoms with Crippen molar-refractivity contribution in [2.24, 2.45) is 0 Å². The Hall–Kier alpha value is -2.30. The Bertz CT molecular complexity index is 719. The van der Waals surface area contributed by atoms with Gasteiger partial charge in [0.15, 0.2) is 0 Å². The van der Waals surface area contributed by atoms with Crippen LogP contribution in [0, 0.1) is 12.7 Å². The van der Waals surface area contributed by atoms with Crippen molar-refractivity contribution in [2.75, 3.05) is 16.8 Å². The van der Waals surface area contributed by atoms with Crippen molar-refractivity contribution < 1.29 is 20.1 Å². The molecule has 2 radical (unpaired) electrons. The number of hydrogen-bond donors (Lipinski definition) is 0. The van der Waals surface area contributed by atoms with Gasteiger partial charge in [0, 0.05) is 26.3 Å². The van der Waals surface area contributed by atoms with Crippen LogP contribution in [0.15, 0.2) is 85.4 Å². The van der Waals surface area contributed by atoms with Crippen LogP contribution < -0.4 is 9.71 Å². The molecule has 4 nitrogen and oxygen atoms in total. The zero-order valence-corrected chi connectivity index (χ0v) is 16.3. The molecular weight excluding hydrogens is 487 g/mol. The van der Waals surface area contributed by atoms with Crippen LogP contribution in [-0.4, -0.2) is 24.3 Å². The molecule has 0 unspecified atom stereocenters. The third-order valence-electron chi connectivity index (χ3n) is 3.37. The summed E-state index contributed by atoms with van der Waals surface area (Å²) in [5.41, 5.74) is 1.07. The van der Waals surface area contributed by atoms with E-state index in [-0.39, 0.29) is 20.1 Å². The fourth-order valence-electron chi connectivity index (χ4n) is 2.20. The van der Waals surface area contributed by atoms with Gasteiger partial charge < -0.3 is 14.6 Å². The van der Waals surface area contributed by atoms with Crippen molar-refractivity contribution in [1.82, 2.24) is 9.88 Å². The Morgan fingerprint density at radius 3 is 2.52 bits per heavy atom. The van der Waals surface area contributed by atoms with E-state index < -0.39 is 0 Å². The molecule has 0 bridgehead atoms. The van der Waals surface area contributed by atoms with Crippen LogP contribution in [0.2, 0.25) is 0 Å². The first-order valence-corrected chi connectivity index (χ1v) is 7.71. The molecule has 1 aromatic carbocycles. The average Bonchev–Trinajstić information content (AvgIpc) is 3.11. The van der Waals surface area contributed by atoms with Gasteiger partial charge in [0.05, 0.1) is 0 Å². The van der Waals surface area contributed by atoms with E-state index in [4.69, 9.17) is 0 Å². The quantitative estimate of drug-likeness (QED) is 0.461. The van der Waals surface area contributed by atoms with Gasteiger partial charge in [-0.3, -0.25) is 0 Å². The van der Waals surface area contributed by atoms with Crippen molar-refractivity contribution in [1.29, 1.82) is 0 Å². The summed E-state index contributed by atoms with van der Waals surface area (Å²) >= 11 is 0. The molecule has 2 aromatic rings. The van der Waals surface area contributed by atoms with Crippen molar-refractivity contribution in [2.45, 2.75) is 0 Å². The molecule has 0 N–H and O–H groups in total. The van der Waals surface area contributed by atoms with Crippen molar-refractivity contribution in [3.8, 4) is 0 Å². The standard InChI is InChI=1S/C10H10N2.C9H8BN2.Ir/c1-11-7-8-12(9-11)10-5-3-2-4-6-10;1-3-7-11-9(5-1)12-8-4-2-6-10-12;/h2-5,7-9H,1H3;1-8H;/q-2;;. The van der Waals surface area contributed by atoms with Gasteiger partial charge in [-0.25, -0.2) is 4.98 Å². The van der Waals surface area contributed by atoms with Gasteiger partial charge in [0.25, 0.3) is 7.41 Å². The molecule has 4 rings (SSSR count). The summed E-state index contributed by atoms with van der Waals surface area (Å²) in [5, 5.41) is 0. The molecule has 0 spiro atoms. The molecule has 2 aliphatic heterocycles. The molecule has 0 fully saturated rings. The van der Waals surface area contributed by atoms with Crippen LogP contribution in [0.3, 0.4) is 0 Å². The summed E-state index contributed by atoms with van der Waals surface area (Å²) in [6.07, 6.45) is 11.7. The van der Waals surface area contributed by atoms with Crippen LogP contribution in [-0.2, 0) is 20.1 Å². The predicted octanol–water partition coefficient (Wildman–Crippen LogP) is 3.37. The van der Waals surface area contributed by atoms with Gasteiger partial charge in [-0.2, -0.15) is 37.0 Å².